The molecule has 0 atom stereocenters. The number of Topliss-reactive ketones (excluding diaryl/α,β-unsaturated/α-hetero) is 1. The molecule has 0 saturated carbocycles. The van der Waals surface area contributed by atoms with Crippen LogP contribution in [-0.2, 0) is 4.74 Å². The number of ketones is 1. The molecule has 0 radical (unpaired) electrons. The molecule has 1 aliphatic rings. The molecular weight excluding hydrogens is 270 g/mol. The lowest BCUT2D eigenvalue weighted by molar-refractivity contribution is 0.0599. The minimum Gasteiger partial charge on any atom is -0.381 e. The fraction of sp³-hybridized carbons (Fsp3) is 0.500. The van der Waals surface area contributed by atoms with Gasteiger partial charge in [-0.3, -0.25) is 9.78 Å². The molecule has 1 fully saturated rings. The third-order valence-electron chi connectivity index (χ3n) is 2.83. The Morgan fingerprint density at radius 2 is 2.19 bits per heavy atom. The number of nitrogens with zero attached hydrogens (tertiary/aromatic N) is 1. The molecular formula is C12H14BrNO2. The summed E-state index contributed by atoms with van der Waals surface area (Å²) in [6, 6.07) is 3.62. The van der Waals surface area contributed by atoms with Crippen molar-refractivity contribution in [1.82, 2.24) is 4.98 Å². The van der Waals surface area contributed by atoms with Crippen LogP contribution in [-0.4, -0.2) is 24.0 Å². The summed E-state index contributed by atoms with van der Waals surface area (Å²) < 4.78 is 6.17. The monoisotopic (exact) mass is 283 g/mol. The highest BCUT2D eigenvalue weighted by Crippen LogP contribution is 2.20. The maximum absolute atomic E-state index is 11.9. The van der Waals surface area contributed by atoms with Crippen LogP contribution in [0.2, 0.25) is 0 Å². The third kappa shape index (κ3) is 3.12. The lowest BCUT2D eigenvalue weighted by atomic mass is 9.93. The fourth-order valence-corrected chi connectivity index (χ4v) is 2.09. The van der Waals surface area contributed by atoms with E-state index >= 15 is 0 Å². The Labute approximate surface area is 103 Å². The quantitative estimate of drug-likeness (QED) is 0.801. The van der Waals surface area contributed by atoms with Crippen molar-refractivity contribution >= 4 is 21.7 Å². The Bertz CT molecular complexity index is 358. The second kappa shape index (κ2) is 5.55. The normalized spacial score (nSPS) is 17.3. The zero-order valence-corrected chi connectivity index (χ0v) is 10.6. The van der Waals surface area contributed by atoms with Crippen LogP contribution >= 0.6 is 15.9 Å². The number of hydrogen-bond acceptors (Lipinski definition) is 3. The Balaban J connectivity index is 1.94. The predicted octanol–water partition coefficient (Wildman–Crippen LogP) is 2.84. The first-order valence-electron chi connectivity index (χ1n) is 5.48. The molecule has 1 aromatic rings. The van der Waals surface area contributed by atoms with Gasteiger partial charge in [0, 0.05) is 30.3 Å². The van der Waals surface area contributed by atoms with E-state index in [9.17, 15) is 4.79 Å². The standard InChI is InChI=1S/C12H14BrNO2/c13-10-1-2-11(14-8-10)12(15)7-9-3-5-16-6-4-9/h1-2,8-9H,3-7H2. The molecule has 86 valence electrons. The molecule has 0 bridgehead atoms. The Kier molecular flexibility index (Phi) is 4.07. The Morgan fingerprint density at radius 3 is 2.81 bits per heavy atom. The zero-order valence-electron chi connectivity index (χ0n) is 8.99. The van der Waals surface area contributed by atoms with Crippen LogP contribution in [0.1, 0.15) is 29.8 Å². The number of carbonyl (C=O) groups is 1. The van der Waals surface area contributed by atoms with Gasteiger partial charge < -0.3 is 4.74 Å². The Hall–Kier alpha value is -0.740. The summed E-state index contributed by atoms with van der Waals surface area (Å²) in [6.07, 6.45) is 4.24. The molecule has 0 aliphatic carbocycles. The van der Waals surface area contributed by atoms with E-state index in [0.29, 0.717) is 18.0 Å². The molecule has 0 aromatic carbocycles. The average molecular weight is 284 g/mol. The predicted molar refractivity (Wildman–Crippen MR) is 64.4 cm³/mol. The van der Waals surface area contributed by atoms with E-state index in [1.54, 1.807) is 12.3 Å². The molecule has 1 saturated heterocycles. The van der Waals surface area contributed by atoms with Crippen molar-refractivity contribution in [3.05, 3.63) is 28.5 Å². The maximum Gasteiger partial charge on any atom is 0.181 e. The first-order chi connectivity index (χ1) is 7.75. The van der Waals surface area contributed by atoms with Gasteiger partial charge in [0.15, 0.2) is 5.78 Å². The van der Waals surface area contributed by atoms with Crippen molar-refractivity contribution in [1.29, 1.82) is 0 Å². The molecule has 4 heteroatoms. The van der Waals surface area contributed by atoms with Gasteiger partial charge in [-0.25, -0.2) is 0 Å². The highest BCUT2D eigenvalue weighted by molar-refractivity contribution is 9.10. The largest absolute Gasteiger partial charge is 0.381 e. The number of halogens is 1. The minimum atomic E-state index is 0.138. The summed E-state index contributed by atoms with van der Waals surface area (Å²) in [4.78, 5) is 16.0. The van der Waals surface area contributed by atoms with Crippen LogP contribution in [0.15, 0.2) is 22.8 Å². The number of rotatable bonds is 3. The molecule has 1 aromatic heterocycles. The number of carbonyl (C=O) groups excluding carboxylic acids is 1. The molecule has 16 heavy (non-hydrogen) atoms. The summed E-state index contributed by atoms with van der Waals surface area (Å²) >= 11 is 3.30. The highest BCUT2D eigenvalue weighted by atomic mass is 79.9. The van der Waals surface area contributed by atoms with Gasteiger partial charge in [0.25, 0.3) is 0 Å². The van der Waals surface area contributed by atoms with Crippen LogP contribution in [0, 0.1) is 5.92 Å². The summed E-state index contributed by atoms with van der Waals surface area (Å²) in [5.74, 6) is 0.603. The number of aromatic nitrogens is 1. The van der Waals surface area contributed by atoms with E-state index in [-0.39, 0.29) is 5.78 Å². The summed E-state index contributed by atoms with van der Waals surface area (Å²) in [6.45, 7) is 1.57. The molecule has 0 spiro atoms. The second-order valence-electron chi connectivity index (χ2n) is 4.04. The summed E-state index contributed by atoms with van der Waals surface area (Å²) in [7, 11) is 0. The van der Waals surface area contributed by atoms with E-state index in [1.807, 2.05) is 6.07 Å². The third-order valence-corrected chi connectivity index (χ3v) is 3.30. The first kappa shape index (κ1) is 11.7. The van der Waals surface area contributed by atoms with Crippen LogP contribution in [0.3, 0.4) is 0 Å². The van der Waals surface area contributed by atoms with Crippen LogP contribution in [0.25, 0.3) is 0 Å². The second-order valence-corrected chi connectivity index (χ2v) is 4.96. The lowest BCUT2D eigenvalue weighted by Gasteiger charge is -2.20. The van der Waals surface area contributed by atoms with Crippen molar-refractivity contribution in [3.8, 4) is 0 Å². The van der Waals surface area contributed by atoms with Gasteiger partial charge in [-0.2, -0.15) is 0 Å². The molecule has 2 rings (SSSR count). The van der Waals surface area contributed by atoms with E-state index < -0.39 is 0 Å². The van der Waals surface area contributed by atoms with E-state index in [2.05, 4.69) is 20.9 Å². The molecule has 0 amide bonds. The summed E-state index contributed by atoms with van der Waals surface area (Å²) in [5, 5.41) is 0. The molecule has 0 N–H and O–H groups in total. The van der Waals surface area contributed by atoms with Gasteiger partial charge in [0.05, 0.1) is 0 Å². The first-order valence-corrected chi connectivity index (χ1v) is 6.27. The number of ether oxygens (including phenoxy) is 1. The summed E-state index contributed by atoms with van der Waals surface area (Å²) in [5.41, 5.74) is 0.565. The van der Waals surface area contributed by atoms with Crippen molar-refractivity contribution in [3.63, 3.8) is 0 Å². The van der Waals surface area contributed by atoms with Crippen molar-refractivity contribution < 1.29 is 9.53 Å². The fourth-order valence-electron chi connectivity index (χ4n) is 1.86. The topological polar surface area (TPSA) is 39.2 Å². The SMILES string of the molecule is O=C(CC1CCOCC1)c1ccc(Br)cn1. The van der Waals surface area contributed by atoms with Crippen molar-refractivity contribution in [2.75, 3.05) is 13.2 Å². The molecule has 0 unspecified atom stereocenters. The van der Waals surface area contributed by atoms with Gasteiger partial charge in [-0.05, 0) is 46.8 Å². The van der Waals surface area contributed by atoms with Crippen LogP contribution in [0.4, 0.5) is 0 Å². The molecule has 3 nitrogen and oxygen atoms in total. The zero-order chi connectivity index (χ0) is 11.4. The van der Waals surface area contributed by atoms with Crippen LogP contribution in [0.5, 0.6) is 0 Å². The van der Waals surface area contributed by atoms with E-state index in [4.69, 9.17) is 4.74 Å². The van der Waals surface area contributed by atoms with Crippen molar-refractivity contribution in [2.24, 2.45) is 5.92 Å². The Morgan fingerprint density at radius 1 is 1.44 bits per heavy atom. The minimum absolute atomic E-state index is 0.138. The van der Waals surface area contributed by atoms with Gasteiger partial charge in [0.1, 0.15) is 5.69 Å². The van der Waals surface area contributed by atoms with Crippen LogP contribution < -0.4 is 0 Å². The van der Waals surface area contributed by atoms with Gasteiger partial charge in [0.2, 0.25) is 0 Å². The maximum atomic E-state index is 11.9. The van der Waals surface area contributed by atoms with E-state index in [0.717, 1.165) is 30.5 Å². The molecule has 2 heterocycles. The van der Waals surface area contributed by atoms with E-state index in [1.165, 1.54) is 0 Å². The molecule has 1 aliphatic heterocycles. The van der Waals surface area contributed by atoms with Crippen molar-refractivity contribution in [2.45, 2.75) is 19.3 Å². The van der Waals surface area contributed by atoms with Gasteiger partial charge in [-0.15, -0.1) is 0 Å². The number of hydrogen-bond donors (Lipinski definition) is 0. The lowest BCUT2D eigenvalue weighted by Crippen LogP contribution is -2.19. The van der Waals surface area contributed by atoms with Gasteiger partial charge >= 0.3 is 0 Å². The number of pyridine rings is 1. The average Bonchev–Trinajstić information content (AvgIpc) is 2.31. The smallest absolute Gasteiger partial charge is 0.181 e. The highest BCUT2D eigenvalue weighted by Gasteiger charge is 2.18. The van der Waals surface area contributed by atoms with Gasteiger partial charge in [-0.1, -0.05) is 0 Å².